The topological polar surface area (TPSA) is 59.1 Å². The van der Waals surface area contributed by atoms with Crippen LogP contribution in [-0.2, 0) is 4.79 Å². The zero-order chi connectivity index (χ0) is 10.6. The molecule has 0 atom stereocenters. The van der Waals surface area contributed by atoms with Gasteiger partial charge in [-0.3, -0.25) is 14.6 Å². The van der Waals surface area contributed by atoms with E-state index in [1.54, 1.807) is 19.2 Å². The average molecular weight is 192 g/mol. The first kappa shape index (κ1) is 10.4. The summed E-state index contributed by atoms with van der Waals surface area (Å²) in [6.07, 6.45) is 2.56. The highest BCUT2D eigenvalue weighted by molar-refractivity contribution is 5.96. The van der Waals surface area contributed by atoms with Crippen molar-refractivity contribution in [2.24, 2.45) is 0 Å². The van der Waals surface area contributed by atoms with Crippen molar-refractivity contribution in [2.45, 2.75) is 20.3 Å². The van der Waals surface area contributed by atoms with Gasteiger partial charge in [0.1, 0.15) is 5.69 Å². The number of aromatic nitrogens is 1. The molecule has 1 rings (SSSR count). The van der Waals surface area contributed by atoms with Gasteiger partial charge in [-0.05, 0) is 18.6 Å². The van der Waals surface area contributed by atoms with Crippen LogP contribution >= 0.6 is 0 Å². The van der Waals surface area contributed by atoms with Crippen LogP contribution in [0.5, 0.6) is 0 Å². The largest absolute Gasteiger partial charge is 0.324 e. The third-order valence-electron chi connectivity index (χ3n) is 1.89. The van der Waals surface area contributed by atoms with Crippen molar-refractivity contribution >= 4 is 17.9 Å². The van der Waals surface area contributed by atoms with Crippen LogP contribution in [0.15, 0.2) is 12.3 Å². The van der Waals surface area contributed by atoms with E-state index in [0.29, 0.717) is 18.4 Å². The summed E-state index contributed by atoms with van der Waals surface area (Å²) >= 11 is 0. The molecule has 14 heavy (non-hydrogen) atoms. The molecular formula is C10H12N2O2. The molecule has 0 radical (unpaired) electrons. The lowest BCUT2D eigenvalue weighted by Gasteiger charge is -2.08. The van der Waals surface area contributed by atoms with E-state index in [-0.39, 0.29) is 11.6 Å². The lowest BCUT2D eigenvalue weighted by atomic mass is 10.2. The van der Waals surface area contributed by atoms with E-state index >= 15 is 0 Å². The number of nitrogens with one attached hydrogen (secondary N) is 1. The summed E-state index contributed by atoms with van der Waals surface area (Å²) in [6.45, 7) is 3.57. The maximum absolute atomic E-state index is 11.1. The normalized spacial score (nSPS) is 9.57. The molecule has 1 aromatic heterocycles. The van der Waals surface area contributed by atoms with Crippen molar-refractivity contribution in [1.29, 1.82) is 0 Å². The van der Waals surface area contributed by atoms with E-state index in [0.717, 1.165) is 5.56 Å². The third-order valence-corrected chi connectivity index (χ3v) is 1.89. The molecule has 1 N–H and O–H groups in total. The van der Waals surface area contributed by atoms with E-state index in [9.17, 15) is 9.59 Å². The van der Waals surface area contributed by atoms with E-state index < -0.39 is 0 Å². The standard InChI is InChI=1S/C10H12N2O2/c1-3-9(14)12-10-7(2)4-5-11-8(10)6-13/h4-6H,3H2,1-2H3,(H,12,14). The quantitative estimate of drug-likeness (QED) is 0.739. The molecule has 1 amide bonds. The number of pyridine rings is 1. The summed E-state index contributed by atoms with van der Waals surface area (Å²) in [6, 6.07) is 1.75. The Hall–Kier alpha value is -1.71. The van der Waals surface area contributed by atoms with Gasteiger partial charge in [-0.2, -0.15) is 0 Å². The van der Waals surface area contributed by atoms with E-state index in [1.807, 2.05) is 6.92 Å². The number of rotatable bonds is 3. The van der Waals surface area contributed by atoms with Gasteiger partial charge >= 0.3 is 0 Å². The number of hydrogen-bond acceptors (Lipinski definition) is 3. The van der Waals surface area contributed by atoms with Gasteiger partial charge in [0.05, 0.1) is 5.69 Å². The van der Waals surface area contributed by atoms with Gasteiger partial charge < -0.3 is 5.32 Å². The second-order valence-electron chi connectivity index (χ2n) is 2.91. The highest BCUT2D eigenvalue weighted by Gasteiger charge is 2.08. The Morgan fingerprint density at radius 3 is 2.93 bits per heavy atom. The molecule has 4 heteroatoms. The maximum Gasteiger partial charge on any atom is 0.224 e. The minimum absolute atomic E-state index is 0.121. The lowest BCUT2D eigenvalue weighted by molar-refractivity contribution is -0.115. The zero-order valence-electron chi connectivity index (χ0n) is 8.20. The number of hydrogen-bond donors (Lipinski definition) is 1. The van der Waals surface area contributed by atoms with Crippen LogP contribution in [0.4, 0.5) is 5.69 Å². The molecule has 0 aliphatic heterocycles. The predicted octanol–water partition coefficient (Wildman–Crippen LogP) is 1.55. The van der Waals surface area contributed by atoms with E-state index in [4.69, 9.17) is 0 Å². The lowest BCUT2D eigenvalue weighted by Crippen LogP contribution is -2.13. The van der Waals surface area contributed by atoms with Gasteiger partial charge in [-0.1, -0.05) is 6.92 Å². The first-order valence-corrected chi connectivity index (χ1v) is 4.39. The molecule has 1 aromatic rings. The molecule has 0 unspecified atom stereocenters. The Kier molecular flexibility index (Phi) is 3.34. The average Bonchev–Trinajstić information content (AvgIpc) is 2.20. The molecule has 1 heterocycles. The minimum Gasteiger partial charge on any atom is -0.324 e. The number of carbonyl (C=O) groups excluding carboxylic acids is 2. The fraction of sp³-hybridized carbons (Fsp3) is 0.300. The number of nitrogens with zero attached hydrogens (tertiary/aromatic N) is 1. The Morgan fingerprint density at radius 2 is 2.36 bits per heavy atom. The number of carbonyl (C=O) groups is 2. The molecule has 4 nitrogen and oxygen atoms in total. The second kappa shape index (κ2) is 4.50. The molecule has 0 aromatic carbocycles. The summed E-state index contributed by atoms with van der Waals surface area (Å²) < 4.78 is 0. The second-order valence-corrected chi connectivity index (χ2v) is 2.91. The first-order chi connectivity index (χ1) is 6.69. The van der Waals surface area contributed by atoms with Crippen molar-refractivity contribution < 1.29 is 9.59 Å². The molecule has 74 valence electrons. The summed E-state index contributed by atoms with van der Waals surface area (Å²) in [7, 11) is 0. The van der Waals surface area contributed by atoms with Crippen molar-refractivity contribution in [3.8, 4) is 0 Å². The SMILES string of the molecule is CCC(=O)Nc1c(C)ccnc1C=O. The first-order valence-electron chi connectivity index (χ1n) is 4.39. The van der Waals surface area contributed by atoms with Gasteiger partial charge in [0.2, 0.25) is 5.91 Å². The predicted molar refractivity (Wildman–Crippen MR) is 53.3 cm³/mol. The Balaban J connectivity index is 3.04. The van der Waals surface area contributed by atoms with Gasteiger partial charge in [0, 0.05) is 12.6 Å². The highest BCUT2D eigenvalue weighted by Crippen LogP contribution is 2.16. The fourth-order valence-corrected chi connectivity index (χ4v) is 1.06. The fourth-order valence-electron chi connectivity index (χ4n) is 1.06. The van der Waals surface area contributed by atoms with Crippen LogP contribution in [0.25, 0.3) is 0 Å². The van der Waals surface area contributed by atoms with E-state index in [1.165, 1.54) is 0 Å². The molecular weight excluding hydrogens is 180 g/mol. The van der Waals surface area contributed by atoms with Crippen LogP contribution in [0.2, 0.25) is 0 Å². The summed E-state index contributed by atoms with van der Waals surface area (Å²) in [4.78, 5) is 25.6. The van der Waals surface area contributed by atoms with Crippen molar-refractivity contribution in [1.82, 2.24) is 4.98 Å². The van der Waals surface area contributed by atoms with Gasteiger partial charge in [0.25, 0.3) is 0 Å². The Labute approximate surface area is 82.3 Å². The summed E-state index contributed by atoms with van der Waals surface area (Å²) in [5.74, 6) is -0.121. The molecule has 0 spiro atoms. The summed E-state index contributed by atoms with van der Waals surface area (Å²) in [5.41, 5.74) is 1.62. The summed E-state index contributed by atoms with van der Waals surface area (Å²) in [5, 5.41) is 2.65. The van der Waals surface area contributed by atoms with Gasteiger partial charge in [0.15, 0.2) is 6.29 Å². The number of aldehydes is 1. The number of amides is 1. The van der Waals surface area contributed by atoms with Crippen LogP contribution < -0.4 is 5.32 Å². The van der Waals surface area contributed by atoms with Crippen molar-refractivity contribution in [3.05, 3.63) is 23.5 Å². The van der Waals surface area contributed by atoms with Gasteiger partial charge in [-0.25, -0.2) is 0 Å². The monoisotopic (exact) mass is 192 g/mol. The molecule has 0 aliphatic carbocycles. The van der Waals surface area contributed by atoms with Crippen molar-refractivity contribution in [2.75, 3.05) is 5.32 Å². The maximum atomic E-state index is 11.1. The Bertz CT molecular complexity index is 361. The van der Waals surface area contributed by atoms with Crippen LogP contribution in [0.1, 0.15) is 29.4 Å². The number of aryl methyl sites for hydroxylation is 1. The van der Waals surface area contributed by atoms with Crippen molar-refractivity contribution in [3.63, 3.8) is 0 Å². The zero-order valence-corrected chi connectivity index (χ0v) is 8.20. The molecule has 0 saturated heterocycles. The molecule has 0 bridgehead atoms. The number of anilines is 1. The van der Waals surface area contributed by atoms with Crippen LogP contribution in [0, 0.1) is 6.92 Å². The molecule has 0 saturated carbocycles. The minimum atomic E-state index is -0.121. The molecule has 0 aliphatic rings. The third kappa shape index (κ3) is 2.16. The van der Waals surface area contributed by atoms with Gasteiger partial charge in [-0.15, -0.1) is 0 Å². The van der Waals surface area contributed by atoms with Crippen LogP contribution in [-0.4, -0.2) is 17.2 Å². The van der Waals surface area contributed by atoms with E-state index in [2.05, 4.69) is 10.3 Å². The highest BCUT2D eigenvalue weighted by atomic mass is 16.1. The molecule has 0 fully saturated rings. The Morgan fingerprint density at radius 1 is 1.64 bits per heavy atom. The smallest absolute Gasteiger partial charge is 0.224 e. The van der Waals surface area contributed by atoms with Crippen LogP contribution in [0.3, 0.4) is 0 Å².